The van der Waals surface area contributed by atoms with Crippen LogP contribution in [0.15, 0.2) is 29.2 Å². The molecule has 2 nitrogen and oxygen atoms in total. The van der Waals surface area contributed by atoms with Gasteiger partial charge < -0.3 is 5.73 Å². The largest absolute Gasteiger partial charge is 0.329 e. The highest BCUT2D eigenvalue weighted by molar-refractivity contribution is 7.99. The molecule has 0 amide bonds. The van der Waals surface area contributed by atoms with E-state index in [4.69, 9.17) is 5.73 Å². The van der Waals surface area contributed by atoms with Crippen molar-refractivity contribution < 1.29 is 0 Å². The summed E-state index contributed by atoms with van der Waals surface area (Å²) < 4.78 is 0. The molecule has 3 rings (SSSR count). The second kappa shape index (κ2) is 5.86. The van der Waals surface area contributed by atoms with Crippen molar-refractivity contribution in [3.05, 3.63) is 29.8 Å². The van der Waals surface area contributed by atoms with Crippen LogP contribution in [0.5, 0.6) is 0 Å². The number of likely N-dealkylation sites (tertiary alicyclic amines) is 1. The van der Waals surface area contributed by atoms with Crippen molar-refractivity contribution >= 4 is 11.8 Å². The standard InChI is InChI=1S/C16H24N2S/c1-12-5-4-9-18(15(12)11-17)14-8-10-19-16-7-3-2-6-13(14)16/h2-3,6-7,12,14-15H,4-5,8-11,17H2,1H3. The Balaban J connectivity index is 1.89. The summed E-state index contributed by atoms with van der Waals surface area (Å²) in [7, 11) is 0. The lowest BCUT2D eigenvalue weighted by Gasteiger charge is -2.45. The third-order valence-corrected chi connectivity index (χ3v) is 5.85. The van der Waals surface area contributed by atoms with E-state index in [1.165, 1.54) is 42.0 Å². The van der Waals surface area contributed by atoms with E-state index in [9.17, 15) is 0 Å². The van der Waals surface area contributed by atoms with Crippen molar-refractivity contribution in [1.82, 2.24) is 4.90 Å². The van der Waals surface area contributed by atoms with Gasteiger partial charge in [0.2, 0.25) is 0 Å². The van der Waals surface area contributed by atoms with E-state index in [-0.39, 0.29) is 0 Å². The summed E-state index contributed by atoms with van der Waals surface area (Å²) in [4.78, 5) is 4.18. The Morgan fingerprint density at radius 1 is 1.32 bits per heavy atom. The first-order valence-corrected chi connectivity index (χ1v) is 8.47. The van der Waals surface area contributed by atoms with Gasteiger partial charge in [-0.25, -0.2) is 0 Å². The zero-order valence-corrected chi connectivity index (χ0v) is 12.5. The summed E-state index contributed by atoms with van der Waals surface area (Å²) >= 11 is 2.01. The van der Waals surface area contributed by atoms with Crippen LogP contribution < -0.4 is 5.73 Å². The fraction of sp³-hybridized carbons (Fsp3) is 0.625. The Labute approximate surface area is 120 Å². The van der Waals surface area contributed by atoms with E-state index in [0.717, 1.165) is 12.5 Å². The van der Waals surface area contributed by atoms with Crippen molar-refractivity contribution in [2.45, 2.75) is 43.2 Å². The number of benzene rings is 1. The van der Waals surface area contributed by atoms with Crippen LogP contribution in [-0.4, -0.2) is 29.8 Å². The Bertz CT molecular complexity index is 435. The minimum absolute atomic E-state index is 0.565. The number of piperidine rings is 1. The number of hydrogen-bond donors (Lipinski definition) is 1. The SMILES string of the molecule is CC1CCCN(C2CCSc3ccccc32)C1CN. The summed E-state index contributed by atoms with van der Waals surface area (Å²) in [6.07, 6.45) is 3.93. The molecular weight excluding hydrogens is 252 g/mol. The highest BCUT2D eigenvalue weighted by atomic mass is 32.2. The molecule has 0 bridgehead atoms. The van der Waals surface area contributed by atoms with Crippen molar-refractivity contribution in [3.8, 4) is 0 Å². The molecule has 1 saturated heterocycles. The van der Waals surface area contributed by atoms with Gasteiger partial charge in [-0.15, -0.1) is 11.8 Å². The van der Waals surface area contributed by atoms with Gasteiger partial charge in [0.05, 0.1) is 0 Å². The molecule has 19 heavy (non-hydrogen) atoms. The smallest absolute Gasteiger partial charge is 0.0370 e. The van der Waals surface area contributed by atoms with E-state index < -0.39 is 0 Å². The molecule has 0 saturated carbocycles. The summed E-state index contributed by atoms with van der Waals surface area (Å²) in [5.41, 5.74) is 7.60. The summed E-state index contributed by atoms with van der Waals surface area (Å²) in [6, 6.07) is 10.1. The predicted octanol–water partition coefficient (Wildman–Crippen LogP) is 3.28. The number of thioether (sulfide) groups is 1. The second-order valence-electron chi connectivity index (χ2n) is 5.85. The fourth-order valence-corrected chi connectivity index (χ4v) is 4.81. The van der Waals surface area contributed by atoms with Crippen LogP contribution in [0, 0.1) is 5.92 Å². The number of hydrogen-bond acceptors (Lipinski definition) is 3. The minimum atomic E-state index is 0.565. The molecule has 1 aromatic rings. The summed E-state index contributed by atoms with van der Waals surface area (Å²) in [5.74, 6) is 1.98. The van der Waals surface area contributed by atoms with E-state index in [1.807, 2.05) is 11.8 Å². The molecule has 3 heteroatoms. The van der Waals surface area contributed by atoms with Crippen LogP contribution in [0.2, 0.25) is 0 Å². The van der Waals surface area contributed by atoms with Crippen molar-refractivity contribution in [2.75, 3.05) is 18.8 Å². The van der Waals surface area contributed by atoms with Gasteiger partial charge in [-0.05, 0) is 49.1 Å². The molecule has 0 spiro atoms. The van der Waals surface area contributed by atoms with Crippen LogP contribution in [-0.2, 0) is 0 Å². The average molecular weight is 276 g/mol. The normalized spacial score (nSPS) is 32.0. The molecule has 3 unspecified atom stereocenters. The van der Waals surface area contributed by atoms with E-state index >= 15 is 0 Å². The summed E-state index contributed by atoms with van der Waals surface area (Å²) in [5, 5.41) is 0. The van der Waals surface area contributed by atoms with Gasteiger partial charge in [0.25, 0.3) is 0 Å². The van der Waals surface area contributed by atoms with Crippen LogP contribution >= 0.6 is 11.8 Å². The lowest BCUT2D eigenvalue weighted by Crippen LogP contribution is -2.50. The Kier molecular flexibility index (Phi) is 4.15. The first-order chi connectivity index (χ1) is 9.31. The number of nitrogens with two attached hydrogens (primary N) is 1. The maximum Gasteiger partial charge on any atom is 0.0370 e. The molecule has 3 atom stereocenters. The predicted molar refractivity (Wildman–Crippen MR) is 82.5 cm³/mol. The van der Waals surface area contributed by atoms with Gasteiger partial charge in [-0.2, -0.15) is 0 Å². The van der Waals surface area contributed by atoms with Crippen LogP contribution in [0.1, 0.15) is 37.8 Å². The summed E-state index contributed by atoms with van der Waals surface area (Å²) in [6.45, 7) is 4.38. The molecule has 2 heterocycles. The highest BCUT2D eigenvalue weighted by Gasteiger charge is 2.34. The van der Waals surface area contributed by atoms with Crippen molar-refractivity contribution in [1.29, 1.82) is 0 Å². The van der Waals surface area contributed by atoms with Gasteiger partial charge in [-0.1, -0.05) is 25.1 Å². The molecule has 104 valence electrons. The zero-order valence-electron chi connectivity index (χ0n) is 11.7. The van der Waals surface area contributed by atoms with Crippen molar-refractivity contribution in [3.63, 3.8) is 0 Å². The van der Waals surface area contributed by atoms with Crippen LogP contribution in [0.4, 0.5) is 0 Å². The quantitative estimate of drug-likeness (QED) is 0.899. The number of rotatable bonds is 2. The molecular formula is C16H24N2S. The lowest BCUT2D eigenvalue weighted by molar-refractivity contribution is 0.0582. The highest BCUT2D eigenvalue weighted by Crippen LogP contribution is 2.42. The third kappa shape index (κ3) is 2.56. The van der Waals surface area contributed by atoms with Gasteiger partial charge >= 0.3 is 0 Å². The molecule has 2 aliphatic heterocycles. The average Bonchev–Trinajstić information content (AvgIpc) is 2.46. The number of fused-ring (bicyclic) bond motifs is 1. The molecule has 0 aliphatic carbocycles. The van der Waals surface area contributed by atoms with Gasteiger partial charge in [0.1, 0.15) is 0 Å². The second-order valence-corrected chi connectivity index (χ2v) is 6.99. The monoisotopic (exact) mass is 276 g/mol. The zero-order chi connectivity index (χ0) is 13.2. The lowest BCUT2D eigenvalue weighted by atomic mass is 9.87. The molecule has 0 aromatic heterocycles. The Morgan fingerprint density at radius 2 is 2.16 bits per heavy atom. The Morgan fingerprint density at radius 3 is 3.00 bits per heavy atom. The van der Waals surface area contributed by atoms with Crippen LogP contribution in [0.25, 0.3) is 0 Å². The van der Waals surface area contributed by atoms with Crippen molar-refractivity contribution in [2.24, 2.45) is 11.7 Å². The fourth-order valence-electron chi connectivity index (χ4n) is 3.70. The molecule has 2 aliphatic rings. The molecule has 0 radical (unpaired) electrons. The Hall–Kier alpha value is -0.510. The first kappa shape index (κ1) is 13.5. The van der Waals surface area contributed by atoms with Gasteiger partial charge in [0, 0.05) is 23.5 Å². The minimum Gasteiger partial charge on any atom is -0.329 e. The van der Waals surface area contributed by atoms with E-state index in [1.54, 1.807) is 0 Å². The van der Waals surface area contributed by atoms with Gasteiger partial charge in [0.15, 0.2) is 0 Å². The molecule has 1 aromatic carbocycles. The maximum atomic E-state index is 6.06. The first-order valence-electron chi connectivity index (χ1n) is 7.49. The molecule has 1 fully saturated rings. The third-order valence-electron chi connectivity index (χ3n) is 4.73. The topological polar surface area (TPSA) is 29.3 Å². The van der Waals surface area contributed by atoms with E-state index in [2.05, 4.69) is 36.1 Å². The van der Waals surface area contributed by atoms with Crippen LogP contribution in [0.3, 0.4) is 0 Å². The maximum absolute atomic E-state index is 6.06. The number of nitrogens with zero attached hydrogens (tertiary/aromatic N) is 1. The van der Waals surface area contributed by atoms with E-state index in [0.29, 0.717) is 12.1 Å². The van der Waals surface area contributed by atoms with Gasteiger partial charge in [-0.3, -0.25) is 4.90 Å². The molecule has 2 N–H and O–H groups in total.